The first-order valence-corrected chi connectivity index (χ1v) is 5.72. The zero-order valence-corrected chi connectivity index (χ0v) is 10.4. The van der Waals surface area contributed by atoms with Gasteiger partial charge in [-0.25, -0.2) is 4.79 Å². The van der Waals surface area contributed by atoms with Gasteiger partial charge in [0.15, 0.2) is 0 Å². The molecule has 6 nitrogen and oxygen atoms in total. The van der Waals surface area contributed by atoms with Gasteiger partial charge in [-0.05, 0) is 18.2 Å². The Morgan fingerprint density at radius 2 is 2.00 bits per heavy atom. The number of amides is 1. The molecule has 0 saturated heterocycles. The van der Waals surface area contributed by atoms with Crippen LogP contribution in [0.5, 0.6) is 0 Å². The van der Waals surface area contributed by atoms with Gasteiger partial charge in [0.2, 0.25) is 5.91 Å². The molecule has 1 amide bonds. The lowest BCUT2D eigenvalue weighted by atomic mass is 10.1. The Bertz CT molecular complexity index is 705. The van der Waals surface area contributed by atoms with Crippen molar-refractivity contribution in [3.05, 3.63) is 41.6 Å². The van der Waals surface area contributed by atoms with Gasteiger partial charge in [-0.2, -0.15) is 5.10 Å². The lowest BCUT2D eigenvalue weighted by Gasteiger charge is -1.96. The molecule has 0 aliphatic rings. The number of rotatable bonds is 3. The molecule has 100 valence electrons. The maximum Gasteiger partial charge on any atom is 0.353 e. The van der Waals surface area contributed by atoms with Crippen molar-refractivity contribution in [2.45, 2.75) is 6.42 Å². The number of hydrogen-bond acceptors (Lipinski definition) is 3. The van der Waals surface area contributed by atoms with Crippen molar-refractivity contribution < 1.29 is 14.7 Å². The molecule has 0 unspecified atom stereocenters. The number of aromatic carboxylic acids is 1. The molecule has 0 aliphatic carbocycles. The number of hydrogen-bond donors (Lipinski definition) is 3. The molecule has 20 heavy (non-hydrogen) atoms. The molecule has 0 bridgehead atoms. The third-order valence-electron chi connectivity index (χ3n) is 2.48. The van der Waals surface area contributed by atoms with E-state index in [2.05, 4.69) is 22.0 Å². The normalized spacial score (nSPS) is 9.60. The molecule has 6 heteroatoms. The number of aromatic amines is 1. The number of aromatic nitrogens is 2. The minimum absolute atomic E-state index is 0.0170. The van der Waals surface area contributed by atoms with Crippen LogP contribution in [0.1, 0.15) is 22.5 Å². The number of benzene rings is 1. The summed E-state index contributed by atoms with van der Waals surface area (Å²) in [5.41, 5.74) is 7.07. The summed E-state index contributed by atoms with van der Waals surface area (Å²) in [7, 11) is 0. The van der Waals surface area contributed by atoms with E-state index in [1.54, 1.807) is 24.3 Å². The summed E-state index contributed by atoms with van der Waals surface area (Å²) in [5.74, 6) is 3.94. The van der Waals surface area contributed by atoms with Crippen LogP contribution in [0, 0.1) is 11.8 Å². The van der Waals surface area contributed by atoms with E-state index in [0.29, 0.717) is 5.69 Å². The van der Waals surface area contributed by atoms with Crippen molar-refractivity contribution in [3.8, 4) is 23.1 Å². The Kier molecular flexibility index (Phi) is 3.82. The highest BCUT2D eigenvalue weighted by atomic mass is 16.4. The quantitative estimate of drug-likeness (QED) is 0.722. The Balaban J connectivity index is 2.16. The van der Waals surface area contributed by atoms with Crippen molar-refractivity contribution in [1.29, 1.82) is 0 Å². The number of nitrogens with one attached hydrogen (secondary N) is 1. The fourth-order valence-corrected chi connectivity index (χ4v) is 1.54. The van der Waals surface area contributed by atoms with E-state index in [1.165, 1.54) is 6.07 Å². The third kappa shape index (κ3) is 3.23. The van der Waals surface area contributed by atoms with Gasteiger partial charge in [-0.3, -0.25) is 9.89 Å². The molecular weight excluding hydrogens is 258 g/mol. The number of primary amides is 1. The Labute approximate surface area is 114 Å². The van der Waals surface area contributed by atoms with Crippen LogP contribution < -0.4 is 5.73 Å². The average Bonchev–Trinajstić information content (AvgIpc) is 2.89. The summed E-state index contributed by atoms with van der Waals surface area (Å²) >= 11 is 0. The topological polar surface area (TPSA) is 109 Å². The lowest BCUT2D eigenvalue weighted by Crippen LogP contribution is -2.08. The SMILES string of the molecule is NC(=O)CC#Cc1ccc(-c2cc(C(=O)O)[nH]n2)cc1. The second-order valence-corrected chi connectivity index (χ2v) is 3.99. The molecule has 0 atom stereocenters. The number of nitrogens with two attached hydrogens (primary N) is 1. The predicted octanol–water partition coefficient (Wildman–Crippen LogP) is 1.00. The van der Waals surface area contributed by atoms with Crippen LogP contribution in [0.15, 0.2) is 30.3 Å². The molecule has 4 N–H and O–H groups in total. The zero-order chi connectivity index (χ0) is 14.5. The number of carbonyl (C=O) groups excluding carboxylic acids is 1. The van der Waals surface area contributed by atoms with Crippen molar-refractivity contribution in [2.75, 3.05) is 0 Å². The van der Waals surface area contributed by atoms with Gasteiger partial charge in [0, 0.05) is 11.1 Å². The van der Waals surface area contributed by atoms with Gasteiger partial charge in [-0.1, -0.05) is 24.0 Å². The predicted molar refractivity (Wildman–Crippen MR) is 71.7 cm³/mol. The molecule has 1 aromatic heterocycles. The van der Waals surface area contributed by atoms with Gasteiger partial charge in [0.05, 0.1) is 12.1 Å². The zero-order valence-electron chi connectivity index (χ0n) is 10.4. The van der Waals surface area contributed by atoms with Crippen LogP contribution in [0.25, 0.3) is 11.3 Å². The van der Waals surface area contributed by atoms with Gasteiger partial charge in [-0.15, -0.1) is 0 Å². The molecule has 1 aromatic carbocycles. The van der Waals surface area contributed by atoms with E-state index in [0.717, 1.165) is 11.1 Å². The number of carbonyl (C=O) groups is 2. The van der Waals surface area contributed by atoms with Crippen molar-refractivity contribution in [1.82, 2.24) is 10.2 Å². The molecular formula is C14H11N3O3. The van der Waals surface area contributed by atoms with Gasteiger partial charge in [0.1, 0.15) is 5.69 Å². The van der Waals surface area contributed by atoms with Gasteiger partial charge >= 0.3 is 5.97 Å². The number of carboxylic acids is 1. The maximum atomic E-state index is 10.7. The highest BCUT2D eigenvalue weighted by Gasteiger charge is 2.08. The third-order valence-corrected chi connectivity index (χ3v) is 2.48. The largest absolute Gasteiger partial charge is 0.477 e. The second kappa shape index (κ2) is 5.71. The maximum absolute atomic E-state index is 10.7. The first-order chi connectivity index (χ1) is 9.56. The van der Waals surface area contributed by atoms with Crippen LogP contribution in [0.2, 0.25) is 0 Å². The molecule has 0 radical (unpaired) electrons. The van der Waals surface area contributed by atoms with Crippen LogP contribution in [-0.4, -0.2) is 27.2 Å². The molecule has 0 saturated carbocycles. The summed E-state index contributed by atoms with van der Waals surface area (Å²) in [6.07, 6.45) is 0.0170. The van der Waals surface area contributed by atoms with Crippen molar-refractivity contribution in [3.63, 3.8) is 0 Å². The monoisotopic (exact) mass is 269 g/mol. The standard InChI is InChI=1S/C14H11N3O3/c15-13(18)3-1-2-9-4-6-10(7-5-9)11-8-12(14(19)20)17-16-11/h4-8H,3H2,(H2,15,18)(H,16,17)(H,19,20). The van der Waals surface area contributed by atoms with E-state index in [9.17, 15) is 9.59 Å². The molecule has 0 fully saturated rings. The highest BCUT2D eigenvalue weighted by Crippen LogP contribution is 2.18. The van der Waals surface area contributed by atoms with Crippen LogP contribution in [0.4, 0.5) is 0 Å². The summed E-state index contributed by atoms with van der Waals surface area (Å²) in [4.78, 5) is 21.3. The second-order valence-electron chi connectivity index (χ2n) is 3.99. The lowest BCUT2D eigenvalue weighted by molar-refractivity contribution is -0.117. The van der Waals surface area contributed by atoms with E-state index in [-0.39, 0.29) is 12.1 Å². The van der Waals surface area contributed by atoms with E-state index >= 15 is 0 Å². The summed E-state index contributed by atoms with van der Waals surface area (Å²) in [6.45, 7) is 0. The first-order valence-electron chi connectivity index (χ1n) is 5.72. The first kappa shape index (κ1) is 13.4. The fraction of sp³-hybridized carbons (Fsp3) is 0.0714. The minimum atomic E-state index is -1.06. The number of nitrogens with zero attached hydrogens (tertiary/aromatic N) is 1. The number of H-pyrrole nitrogens is 1. The number of carboxylic acid groups (broad SMARTS) is 1. The van der Waals surface area contributed by atoms with Crippen molar-refractivity contribution in [2.24, 2.45) is 5.73 Å². The molecule has 0 spiro atoms. The smallest absolute Gasteiger partial charge is 0.353 e. The summed E-state index contributed by atoms with van der Waals surface area (Å²) in [5, 5.41) is 15.2. The van der Waals surface area contributed by atoms with E-state index in [1.807, 2.05) is 0 Å². The Morgan fingerprint density at radius 3 is 2.55 bits per heavy atom. The van der Waals surface area contributed by atoms with Crippen molar-refractivity contribution >= 4 is 11.9 Å². The Morgan fingerprint density at radius 1 is 1.30 bits per heavy atom. The fourth-order valence-electron chi connectivity index (χ4n) is 1.54. The Hall–Kier alpha value is -3.07. The van der Waals surface area contributed by atoms with Crippen LogP contribution in [0.3, 0.4) is 0 Å². The van der Waals surface area contributed by atoms with E-state index in [4.69, 9.17) is 10.8 Å². The molecule has 0 aliphatic heterocycles. The summed E-state index contributed by atoms with van der Waals surface area (Å²) in [6, 6.07) is 8.53. The van der Waals surface area contributed by atoms with Gasteiger partial charge < -0.3 is 10.8 Å². The van der Waals surface area contributed by atoms with Crippen LogP contribution in [-0.2, 0) is 4.79 Å². The average molecular weight is 269 g/mol. The summed E-state index contributed by atoms with van der Waals surface area (Å²) < 4.78 is 0. The molecule has 2 rings (SSSR count). The molecule has 1 heterocycles. The van der Waals surface area contributed by atoms with E-state index < -0.39 is 11.9 Å². The highest BCUT2D eigenvalue weighted by molar-refractivity contribution is 5.86. The van der Waals surface area contributed by atoms with Gasteiger partial charge in [0.25, 0.3) is 0 Å². The molecule has 2 aromatic rings. The minimum Gasteiger partial charge on any atom is -0.477 e. The van der Waals surface area contributed by atoms with Crippen LogP contribution >= 0.6 is 0 Å².